The van der Waals surface area contributed by atoms with E-state index in [1.807, 2.05) is 20.0 Å². The maximum Gasteiger partial charge on any atom is 0.229 e. The number of nitrogens with zero attached hydrogens (tertiary/aromatic N) is 2. The second-order valence-corrected chi connectivity index (χ2v) is 4.92. The van der Waals surface area contributed by atoms with Crippen molar-refractivity contribution < 1.29 is 4.79 Å². The Labute approximate surface area is 114 Å². The van der Waals surface area contributed by atoms with Gasteiger partial charge in [0.25, 0.3) is 0 Å². The predicted molar refractivity (Wildman–Crippen MR) is 77.8 cm³/mol. The molecule has 2 aliphatic heterocycles. The van der Waals surface area contributed by atoms with E-state index in [1.54, 1.807) is 7.05 Å². The van der Waals surface area contributed by atoms with Crippen molar-refractivity contribution in [2.24, 2.45) is 16.8 Å². The van der Waals surface area contributed by atoms with Gasteiger partial charge in [-0.25, -0.2) is 0 Å². The Kier molecular flexibility index (Phi) is 3.88. The third-order valence-electron chi connectivity index (χ3n) is 3.94. The first-order chi connectivity index (χ1) is 9.10. The lowest BCUT2D eigenvalue weighted by molar-refractivity contribution is -0.122. The molecule has 4 heteroatoms. The third-order valence-corrected chi connectivity index (χ3v) is 3.94. The Bertz CT molecular complexity index is 500. The summed E-state index contributed by atoms with van der Waals surface area (Å²) in [4.78, 5) is 18.4. The number of allylic oxidation sites excluding steroid dienone is 5. The fourth-order valence-corrected chi connectivity index (χ4v) is 2.82. The van der Waals surface area contributed by atoms with E-state index in [0.717, 1.165) is 17.1 Å². The summed E-state index contributed by atoms with van der Waals surface area (Å²) in [6.45, 7) is 4.69. The van der Waals surface area contributed by atoms with Gasteiger partial charge < -0.3 is 10.2 Å². The Morgan fingerprint density at radius 2 is 2.32 bits per heavy atom. The number of aliphatic imine (C=N–C) groups is 1. The summed E-state index contributed by atoms with van der Waals surface area (Å²) in [6, 6.07) is 0. The van der Waals surface area contributed by atoms with Crippen LogP contribution in [0.25, 0.3) is 0 Å². The van der Waals surface area contributed by atoms with Gasteiger partial charge in [-0.3, -0.25) is 9.79 Å². The second kappa shape index (κ2) is 5.43. The topological polar surface area (TPSA) is 44.7 Å². The number of hydrogen-bond acceptors (Lipinski definition) is 3. The van der Waals surface area contributed by atoms with Gasteiger partial charge in [-0.2, -0.15) is 0 Å². The molecule has 0 aromatic heterocycles. The quantitative estimate of drug-likeness (QED) is 0.821. The smallest absolute Gasteiger partial charge is 0.229 e. The number of amides is 1. The lowest BCUT2D eigenvalue weighted by Crippen LogP contribution is -2.33. The van der Waals surface area contributed by atoms with Crippen molar-refractivity contribution in [1.29, 1.82) is 0 Å². The lowest BCUT2D eigenvalue weighted by atomic mass is 9.86. The molecule has 2 rings (SSSR count). The maximum absolute atomic E-state index is 12.0. The summed E-state index contributed by atoms with van der Waals surface area (Å²) in [5.41, 5.74) is 3.25. The van der Waals surface area contributed by atoms with Gasteiger partial charge in [-0.1, -0.05) is 19.1 Å². The van der Waals surface area contributed by atoms with Crippen LogP contribution in [0.3, 0.4) is 0 Å². The molecule has 1 saturated heterocycles. The molecule has 0 aliphatic carbocycles. The van der Waals surface area contributed by atoms with Crippen molar-refractivity contribution in [3.05, 3.63) is 35.7 Å². The van der Waals surface area contributed by atoms with Gasteiger partial charge in [0, 0.05) is 37.1 Å². The van der Waals surface area contributed by atoms with E-state index in [0.29, 0.717) is 6.54 Å². The average molecular weight is 259 g/mol. The van der Waals surface area contributed by atoms with E-state index >= 15 is 0 Å². The van der Waals surface area contributed by atoms with Crippen LogP contribution in [0.15, 0.2) is 40.7 Å². The highest BCUT2D eigenvalue weighted by Gasteiger charge is 2.37. The van der Waals surface area contributed by atoms with E-state index < -0.39 is 0 Å². The predicted octanol–water partition coefficient (Wildman–Crippen LogP) is 1.73. The molecule has 2 unspecified atom stereocenters. The summed E-state index contributed by atoms with van der Waals surface area (Å²) in [5.74, 6) is 0.0494. The largest absolute Gasteiger partial charge is 0.350 e. The minimum atomic E-state index is -0.150. The first-order valence-electron chi connectivity index (χ1n) is 6.61. The van der Waals surface area contributed by atoms with Gasteiger partial charge in [0.05, 0.1) is 12.5 Å². The summed E-state index contributed by atoms with van der Waals surface area (Å²) >= 11 is 0. The molecule has 102 valence electrons. The number of carbonyl (C=O) groups excluding carboxylic acids is 1. The van der Waals surface area contributed by atoms with Crippen LogP contribution in [0.4, 0.5) is 0 Å². The highest BCUT2D eigenvalue weighted by Crippen LogP contribution is 2.30. The molecule has 1 N–H and O–H groups in total. The van der Waals surface area contributed by atoms with Crippen LogP contribution in [0.1, 0.15) is 13.8 Å². The van der Waals surface area contributed by atoms with Gasteiger partial charge in [0.1, 0.15) is 0 Å². The highest BCUT2D eigenvalue weighted by atomic mass is 16.2. The van der Waals surface area contributed by atoms with Crippen molar-refractivity contribution in [2.75, 3.05) is 20.6 Å². The zero-order valence-corrected chi connectivity index (χ0v) is 12.0. The molecule has 0 radical (unpaired) electrons. The molecular weight excluding hydrogens is 238 g/mol. The van der Waals surface area contributed by atoms with Gasteiger partial charge in [-0.15, -0.1) is 0 Å². The summed E-state index contributed by atoms with van der Waals surface area (Å²) in [6.07, 6.45) is 8.26. The van der Waals surface area contributed by atoms with Crippen molar-refractivity contribution in [3.63, 3.8) is 0 Å². The number of likely N-dealkylation sites (N-methyl/N-ethyl adjacent to an activating group) is 1. The van der Waals surface area contributed by atoms with Crippen LogP contribution in [-0.2, 0) is 4.79 Å². The van der Waals surface area contributed by atoms with Crippen LogP contribution in [0.5, 0.6) is 0 Å². The molecular formula is C15H21N3O. The standard InChI is InChI=1S/C15H21N3O/c1-5-11-7-6-8-13(18(11)4)10(2)14-12(16-3)9-17-15(14)19/h5-8,10,14H,9H2,1-4H3,(H,17,19). The van der Waals surface area contributed by atoms with Crippen molar-refractivity contribution in [2.45, 2.75) is 13.8 Å². The minimum Gasteiger partial charge on any atom is -0.350 e. The molecule has 0 bridgehead atoms. The molecule has 0 aromatic carbocycles. The summed E-state index contributed by atoms with van der Waals surface area (Å²) in [7, 11) is 3.79. The molecule has 19 heavy (non-hydrogen) atoms. The Hall–Kier alpha value is -1.84. The zero-order chi connectivity index (χ0) is 14.0. The van der Waals surface area contributed by atoms with E-state index in [-0.39, 0.29) is 17.7 Å². The number of hydrogen-bond donors (Lipinski definition) is 1. The van der Waals surface area contributed by atoms with Gasteiger partial charge in [0.2, 0.25) is 5.91 Å². The van der Waals surface area contributed by atoms with Gasteiger partial charge in [0.15, 0.2) is 0 Å². The Morgan fingerprint density at radius 1 is 1.58 bits per heavy atom. The van der Waals surface area contributed by atoms with E-state index in [4.69, 9.17) is 0 Å². The van der Waals surface area contributed by atoms with E-state index in [2.05, 4.69) is 40.4 Å². The number of carbonyl (C=O) groups is 1. The van der Waals surface area contributed by atoms with Crippen molar-refractivity contribution in [1.82, 2.24) is 10.2 Å². The maximum atomic E-state index is 12.0. The second-order valence-electron chi connectivity index (χ2n) is 4.92. The molecule has 1 fully saturated rings. The van der Waals surface area contributed by atoms with Crippen molar-refractivity contribution in [3.8, 4) is 0 Å². The Balaban J connectivity index is 2.29. The molecule has 2 heterocycles. The summed E-state index contributed by atoms with van der Waals surface area (Å²) in [5, 5.41) is 2.88. The monoisotopic (exact) mass is 259 g/mol. The molecule has 0 aromatic rings. The Morgan fingerprint density at radius 3 is 2.95 bits per heavy atom. The minimum absolute atomic E-state index is 0.0824. The van der Waals surface area contributed by atoms with Gasteiger partial charge in [-0.05, 0) is 19.1 Å². The van der Waals surface area contributed by atoms with Gasteiger partial charge >= 0.3 is 0 Å². The molecule has 4 nitrogen and oxygen atoms in total. The van der Waals surface area contributed by atoms with Crippen LogP contribution < -0.4 is 5.32 Å². The van der Waals surface area contributed by atoms with Crippen LogP contribution in [-0.4, -0.2) is 37.2 Å². The van der Waals surface area contributed by atoms with E-state index in [1.165, 1.54) is 0 Å². The van der Waals surface area contributed by atoms with Crippen LogP contribution in [0.2, 0.25) is 0 Å². The first-order valence-corrected chi connectivity index (χ1v) is 6.61. The number of nitrogens with one attached hydrogen (secondary N) is 1. The fraction of sp³-hybridized carbons (Fsp3) is 0.467. The zero-order valence-electron chi connectivity index (χ0n) is 12.0. The van der Waals surface area contributed by atoms with Crippen LogP contribution in [0, 0.1) is 11.8 Å². The van der Waals surface area contributed by atoms with Crippen LogP contribution >= 0.6 is 0 Å². The summed E-state index contributed by atoms with van der Waals surface area (Å²) < 4.78 is 0. The average Bonchev–Trinajstić information content (AvgIpc) is 2.79. The molecule has 0 saturated carbocycles. The van der Waals surface area contributed by atoms with Crippen molar-refractivity contribution >= 4 is 11.6 Å². The highest BCUT2D eigenvalue weighted by molar-refractivity contribution is 6.11. The normalized spacial score (nSPS) is 28.8. The van der Waals surface area contributed by atoms with E-state index in [9.17, 15) is 4.79 Å². The molecule has 2 aliphatic rings. The number of rotatable bonds is 2. The fourth-order valence-electron chi connectivity index (χ4n) is 2.82. The molecule has 0 spiro atoms. The first kappa shape index (κ1) is 13.6. The molecule has 1 amide bonds. The SMILES string of the molecule is CC=C1C=CC=C(C(C)C2C(=O)NCC2=NC)N1C. The molecule has 2 atom stereocenters. The lowest BCUT2D eigenvalue weighted by Gasteiger charge is -2.32. The third kappa shape index (κ3) is 2.35.